The van der Waals surface area contributed by atoms with Crippen LogP contribution in [0.5, 0.6) is 0 Å². The molecule has 3 aliphatic rings. The molecule has 0 spiro atoms. The Kier molecular flexibility index (Phi) is 3.86. The lowest BCUT2D eigenvalue weighted by Crippen LogP contribution is -2.61. The zero-order valence-electron chi connectivity index (χ0n) is 11.2. The largest absolute Gasteiger partial charge is 0.392 e. The number of hydrogen-bond acceptors (Lipinski definition) is 5. The Labute approximate surface area is 109 Å². The van der Waals surface area contributed by atoms with Crippen molar-refractivity contribution < 1.29 is 9.84 Å². The van der Waals surface area contributed by atoms with E-state index in [1.165, 1.54) is 0 Å². The Morgan fingerprint density at radius 3 is 2.78 bits per heavy atom. The minimum atomic E-state index is -0.0919. The fourth-order valence-corrected chi connectivity index (χ4v) is 3.29. The molecule has 5 heteroatoms. The van der Waals surface area contributed by atoms with Crippen molar-refractivity contribution >= 4 is 0 Å². The van der Waals surface area contributed by atoms with Gasteiger partial charge >= 0.3 is 0 Å². The van der Waals surface area contributed by atoms with Crippen molar-refractivity contribution in [2.24, 2.45) is 0 Å². The van der Waals surface area contributed by atoms with E-state index in [4.69, 9.17) is 4.74 Å². The summed E-state index contributed by atoms with van der Waals surface area (Å²) in [5, 5.41) is 13.0. The predicted molar refractivity (Wildman–Crippen MR) is 69.6 cm³/mol. The van der Waals surface area contributed by atoms with Gasteiger partial charge in [-0.25, -0.2) is 0 Å². The van der Waals surface area contributed by atoms with Crippen LogP contribution < -0.4 is 5.32 Å². The number of hydrogen-bond donors (Lipinski definition) is 2. The molecule has 0 aromatic rings. The van der Waals surface area contributed by atoms with Crippen LogP contribution in [0.3, 0.4) is 0 Å². The molecule has 0 aromatic heterocycles. The molecule has 0 unspecified atom stereocenters. The van der Waals surface area contributed by atoms with Gasteiger partial charge in [-0.15, -0.1) is 0 Å². The molecule has 104 valence electrons. The number of nitrogens with zero attached hydrogens (tertiary/aromatic N) is 2. The van der Waals surface area contributed by atoms with E-state index in [1.807, 2.05) is 0 Å². The van der Waals surface area contributed by atoms with Gasteiger partial charge in [-0.2, -0.15) is 0 Å². The van der Waals surface area contributed by atoms with Gasteiger partial charge in [-0.3, -0.25) is 9.80 Å². The minimum absolute atomic E-state index is 0.0919. The van der Waals surface area contributed by atoms with E-state index >= 15 is 0 Å². The molecule has 0 amide bonds. The number of rotatable bonds is 3. The van der Waals surface area contributed by atoms with Gasteiger partial charge in [0, 0.05) is 51.9 Å². The number of nitrogens with one attached hydrogen (secondary N) is 1. The quantitative estimate of drug-likeness (QED) is 0.685. The SMILES string of the molecule is C[C@@H]1CNC[C@@H](CN2CC(N3CC[C@H](O)C3)C2)O1. The molecule has 3 rings (SSSR count). The third kappa shape index (κ3) is 2.86. The highest BCUT2D eigenvalue weighted by molar-refractivity contribution is 4.93. The summed E-state index contributed by atoms with van der Waals surface area (Å²) in [7, 11) is 0. The van der Waals surface area contributed by atoms with Crippen molar-refractivity contribution in [2.75, 3.05) is 45.8 Å². The Morgan fingerprint density at radius 2 is 2.11 bits per heavy atom. The van der Waals surface area contributed by atoms with Crippen molar-refractivity contribution in [2.45, 2.75) is 37.7 Å². The summed E-state index contributed by atoms with van der Waals surface area (Å²) < 4.78 is 5.91. The summed E-state index contributed by atoms with van der Waals surface area (Å²) in [4.78, 5) is 4.91. The fraction of sp³-hybridized carbons (Fsp3) is 1.00. The first kappa shape index (κ1) is 12.8. The summed E-state index contributed by atoms with van der Waals surface area (Å²) in [6.45, 7) is 9.35. The van der Waals surface area contributed by atoms with Crippen molar-refractivity contribution in [3.63, 3.8) is 0 Å². The molecule has 3 fully saturated rings. The lowest BCUT2D eigenvalue weighted by Gasteiger charge is -2.46. The zero-order valence-corrected chi connectivity index (χ0v) is 11.2. The maximum Gasteiger partial charge on any atom is 0.0830 e. The van der Waals surface area contributed by atoms with Gasteiger partial charge in [0.1, 0.15) is 0 Å². The molecule has 0 saturated carbocycles. The second kappa shape index (κ2) is 5.43. The van der Waals surface area contributed by atoms with Crippen LogP contribution in [-0.2, 0) is 4.74 Å². The van der Waals surface area contributed by atoms with Gasteiger partial charge in [-0.05, 0) is 13.3 Å². The van der Waals surface area contributed by atoms with E-state index in [0.29, 0.717) is 18.2 Å². The van der Waals surface area contributed by atoms with Crippen LogP contribution in [0.1, 0.15) is 13.3 Å². The van der Waals surface area contributed by atoms with Crippen molar-refractivity contribution in [1.29, 1.82) is 0 Å². The molecule has 0 aliphatic carbocycles. The lowest BCUT2D eigenvalue weighted by atomic mass is 10.1. The van der Waals surface area contributed by atoms with Crippen LogP contribution in [0.15, 0.2) is 0 Å². The highest BCUT2D eigenvalue weighted by atomic mass is 16.5. The van der Waals surface area contributed by atoms with Gasteiger partial charge in [0.05, 0.1) is 18.3 Å². The second-order valence-electron chi connectivity index (χ2n) is 6.04. The summed E-state index contributed by atoms with van der Waals surface area (Å²) in [5.74, 6) is 0. The number of ether oxygens (including phenoxy) is 1. The standard InChI is InChI=1S/C13H25N3O2/c1-10-4-14-5-13(18-10)9-15-6-11(7-15)16-3-2-12(17)8-16/h10-14,17H,2-9H2,1H3/t10-,12+,13+/m1/s1. The van der Waals surface area contributed by atoms with Crippen molar-refractivity contribution in [3.8, 4) is 0 Å². The van der Waals surface area contributed by atoms with E-state index in [0.717, 1.165) is 52.2 Å². The van der Waals surface area contributed by atoms with Crippen LogP contribution in [0.4, 0.5) is 0 Å². The Bertz CT molecular complexity index is 283. The molecule has 18 heavy (non-hydrogen) atoms. The summed E-state index contributed by atoms with van der Waals surface area (Å²) in [6, 6.07) is 0.663. The maximum atomic E-state index is 9.54. The molecule has 3 atom stereocenters. The maximum absolute atomic E-state index is 9.54. The Morgan fingerprint density at radius 1 is 1.28 bits per heavy atom. The number of likely N-dealkylation sites (tertiary alicyclic amines) is 2. The zero-order chi connectivity index (χ0) is 12.5. The normalized spacial score (nSPS) is 40.0. The Hall–Kier alpha value is -0.200. The van der Waals surface area contributed by atoms with Gasteiger partial charge in [-0.1, -0.05) is 0 Å². The average Bonchev–Trinajstić information content (AvgIpc) is 2.69. The molecule has 3 saturated heterocycles. The van der Waals surface area contributed by atoms with Gasteiger partial charge < -0.3 is 15.2 Å². The molecular formula is C13H25N3O2. The van der Waals surface area contributed by atoms with E-state index in [-0.39, 0.29) is 6.10 Å². The van der Waals surface area contributed by atoms with Crippen LogP contribution in [0.2, 0.25) is 0 Å². The van der Waals surface area contributed by atoms with E-state index < -0.39 is 0 Å². The van der Waals surface area contributed by atoms with Gasteiger partial charge in [0.2, 0.25) is 0 Å². The first-order valence-corrected chi connectivity index (χ1v) is 7.21. The second-order valence-corrected chi connectivity index (χ2v) is 6.04. The van der Waals surface area contributed by atoms with Crippen molar-refractivity contribution in [1.82, 2.24) is 15.1 Å². The summed E-state index contributed by atoms with van der Waals surface area (Å²) >= 11 is 0. The number of aliphatic hydroxyl groups is 1. The van der Waals surface area contributed by atoms with Crippen LogP contribution in [0.25, 0.3) is 0 Å². The highest BCUT2D eigenvalue weighted by Crippen LogP contribution is 2.21. The number of β-amino-alcohol motifs (C(OH)–C–C–N with tert-alkyl or cyclic N) is 1. The highest BCUT2D eigenvalue weighted by Gasteiger charge is 2.36. The number of aliphatic hydroxyl groups excluding tert-OH is 1. The fourth-order valence-electron chi connectivity index (χ4n) is 3.29. The molecule has 0 bridgehead atoms. The smallest absolute Gasteiger partial charge is 0.0830 e. The third-order valence-electron chi connectivity index (χ3n) is 4.34. The third-order valence-corrected chi connectivity index (χ3v) is 4.34. The summed E-state index contributed by atoms with van der Waals surface area (Å²) in [6.07, 6.45) is 1.54. The van der Waals surface area contributed by atoms with Gasteiger partial charge in [0.15, 0.2) is 0 Å². The van der Waals surface area contributed by atoms with Crippen LogP contribution in [0, 0.1) is 0 Å². The van der Waals surface area contributed by atoms with Gasteiger partial charge in [0.25, 0.3) is 0 Å². The Balaban J connectivity index is 1.37. The van der Waals surface area contributed by atoms with Crippen LogP contribution >= 0.6 is 0 Å². The lowest BCUT2D eigenvalue weighted by molar-refractivity contribution is -0.0634. The molecule has 3 heterocycles. The molecule has 2 N–H and O–H groups in total. The predicted octanol–water partition coefficient (Wildman–Crippen LogP) is -0.886. The van der Waals surface area contributed by atoms with E-state index in [1.54, 1.807) is 0 Å². The monoisotopic (exact) mass is 255 g/mol. The topological polar surface area (TPSA) is 48.0 Å². The molecule has 5 nitrogen and oxygen atoms in total. The van der Waals surface area contributed by atoms with Crippen LogP contribution in [-0.4, -0.2) is 85.1 Å². The average molecular weight is 255 g/mol. The number of morpholine rings is 1. The van der Waals surface area contributed by atoms with E-state index in [2.05, 4.69) is 22.0 Å². The molecular weight excluding hydrogens is 230 g/mol. The van der Waals surface area contributed by atoms with Crippen molar-refractivity contribution in [3.05, 3.63) is 0 Å². The first-order chi connectivity index (χ1) is 8.70. The molecule has 0 radical (unpaired) electrons. The minimum Gasteiger partial charge on any atom is -0.392 e. The first-order valence-electron chi connectivity index (χ1n) is 7.21. The van der Waals surface area contributed by atoms with E-state index in [9.17, 15) is 5.11 Å². The molecule has 0 aromatic carbocycles. The molecule has 3 aliphatic heterocycles. The summed E-state index contributed by atoms with van der Waals surface area (Å²) in [5.41, 5.74) is 0.